The number of hydrogen-bond donors (Lipinski definition) is 1. The normalized spacial score (nSPS) is 15.8. The van der Waals surface area contributed by atoms with Crippen molar-refractivity contribution in [3.63, 3.8) is 0 Å². The standard InChI is InChI=1S/C24H23Cl2F6NO2S/c1-13(12-22(35-2,24(30,31)32)14-9-15(25)11-16(26)10-14)19-17-5-3-4-6-18(17)20(36-19)21(34)33-8-7-23(27,28)29/h9-11H,1,3-8,12H2,2H3,(H,33,34). The molecule has 198 valence electrons. The molecule has 36 heavy (non-hydrogen) atoms. The summed E-state index contributed by atoms with van der Waals surface area (Å²) in [5, 5.41) is 2.27. The Balaban J connectivity index is 1.99. The molecule has 1 amide bonds. The molecule has 3 rings (SSSR count). The number of carbonyl (C=O) groups excluding carboxylic acids is 1. The fourth-order valence-electron chi connectivity index (χ4n) is 4.34. The number of methoxy groups -OCH3 is 1. The Morgan fingerprint density at radius 2 is 1.58 bits per heavy atom. The average molecular weight is 574 g/mol. The van der Waals surface area contributed by atoms with Gasteiger partial charge in [0.25, 0.3) is 5.91 Å². The zero-order valence-electron chi connectivity index (χ0n) is 19.1. The number of hydrogen-bond acceptors (Lipinski definition) is 3. The third-order valence-corrected chi connectivity index (χ3v) is 7.85. The summed E-state index contributed by atoms with van der Waals surface area (Å²) in [6.07, 6.45) is -8.66. The number of amides is 1. The molecule has 1 atom stereocenters. The van der Waals surface area contributed by atoms with E-state index in [1.165, 1.54) is 6.07 Å². The Labute approximate surface area is 218 Å². The van der Waals surface area contributed by atoms with Crippen LogP contribution >= 0.6 is 34.5 Å². The summed E-state index contributed by atoms with van der Waals surface area (Å²) in [6.45, 7) is 3.31. The minimum atomic E-state index is -4.88. The first-order valence-corrected chi connectivity index (χ1v) is 12.5. The van der Waals surface area contributed by atoms with Gasteiger partial charge in [-0.25, -0.2) is 0 Å². The number of fused-ring (bicyclic) bond motifs is 1. The average Bonchev–Trinajstić information content (AvgIpc) is 3.15. The molecule has 0 saturated carbocycles. The number of thiophene rings is 1. The lowest BCUT2D eigenvalue weighted by Gasteiger charge is -2.36. The summed E-state index contributed by atoms with van der Waals surface area (Å²) in [6, 6.07) is 3.56. The fraction of sp³-hybridized carbons (Fsp3) is 0.458. The molecular formula is C24H23Cl2F6NO2S. The van der Waals surface area contributed by atoms with E-state index in [9.17, 15) is 31.1 Å². The van der Waals surface area contributed by atoms with E-state index in [4.69, 9.17) is 27.9 Å². The molecule has 2 aromatic rings. The van der Waals surface area contributed by atoms with Gasteiger partial charge in [-0.15, -0.1) is 11.3 Å². The van der Waals surface area contributed by atoms with Gasteiger partial charge in [0, 0.05) is 35.0 Å². The summed E-state index contributed by atoms with van der Waals surface area (Å²) in [7, 11) is 0.930. The van der Waals surface area contributed by atoms with Gasteiger partial charge in [-0.3, -0.25) is 4.79 Å². The number of nitrogens with one attached hydrogen (secondary N) is 1. The number of carbonyl (C=O) groups is 1. The Kier molecular flexibility index (Phi) is 8.75. The Hall–Kier alpha value is -1.75. The van der Waals surface area contributed by atoms with Crippen LogP contribution in [0.25, 0.3) is 5.57 Å². The van der Waals surface area contributed by atoms with Gasteiger partial charge in [0.05, 0.1) is 11.3 Å². The van der Waals surface area contributed by atoms with Crippen LogP contribution in [0.5, 0.6) is 0 Å². The molecule has 1 aromatic carbocycles. The highest BCUT2D eigenvalue weighted by atomic mass is 35.5. The highest BCUT2D eigenvalue weighted by Gasteiger charge is 2.57. The van der Waals surface area contributed by atoms with Crippen LogP contribution in [0.3, 0.4) is 0 Å². The van der Waals surface area contributed by atoms with Gasteiger partial charge in [-0.05, 0) is 66.1 Å². The monoisotopic (exact) mass is 573 g/mol. The van der Waals surface area contributed by atoms with E-state index in [2.05, 4.69) is 11.9 Å². The van der Waals surface area contributed by atoms with Gasteiger partial charge < -0.3 is 10.1 Å². The van der Waals surface area contributed by atoms with Gasteiger partial charge in [-0.1, -0.05) is 29.8 Å². The first-order chi connectivity index (χ1) is 16.7. The van der Waals surface area contributed by atoms with Crippen LogP contribution in [0.4, 0.5) is 26.3 Å². The van der Waals surface area contributed by atoms with Crippen molar-refractivity contribution in [2.24, 2.45) is 0 Å². The maximum atomic E-state index is 14.5. The van der Waals surface area contributed by atoms with E-state index < -0.39 is 43.2 Å². The molecule has 1 heterocycles. The van der Waals surface area contributed by atoms with Gasteiger partial charge >= 0.3 is 12.4 Å². The molecule has 0 aliphatic heterocycles. The molecule has 0 saturated heterocycles. The molecule has 0 radical (unpaired) electrons. The summed E-state index contributed by atoms with van der Waals surface area (Å²) >= 11 is 12.9. The second kappa shape index (κ2) is 10.9. The van der Waals surface area contributed by atoms with E-state index in [0.717, 1.165) is 43.4 Å². The van der Waals surface area contributed by atoms with Crippen LogP contribution in [-0.4, -0.2) is 31.9 Å². The van der Waals surface area contributed by atoms with Crippen molar-refractivity contribution in [3.8, 4) is 0 Å². The topological polar surface area (TPSA) is 38.3 Å². The number of rotatable bonds is 8. The van der Waals surface area contributed by atoms with Crippen LogP contribution in [0, 0.1) is 0 Å². The van der Waals surface area contributed by atoms with Crippen molar-refractivity contribution >= 4 is 46.0 Å². The first kappa shape index (κ1) is 28.8. The maximum absolute atomic E-state index is 14.5. The molecule has 0 fully saturated rings. The molecule has 0 bridgehead atoms. The maximum Gasteiger partial charge on any atom is 0.422 e. The van der Waals surface area contributed by atoms with E-state index in [0.29, 0.717) is 28.8 Å². The van der Waals surface area contributed by atoms with Gasteiger partial charge in [0.1, 0.15) is 0 Å². The van der Waals surface area contributed by atoms with E-state index in [-0.39, 0.29) is 26.1 Å². The lowest BCUT2D eigenvalue weighted by Crippen LogP contribution is -2.44. The predicted octanol–water partition coefficient (Wildman–Crippen LogP) is 8.12. The fourth-order valence-corrected chi connectivity index (χ4v) is 6.15. The highest BCUT2D eigenvalue weighted by molar-refractivity contribution is 7.15. The van der Waals surface area contributed by atoms with Crippen molar-refractivity contribution in [1.29, 1.82) is 0 Å². The van der Waals surface area contributed by atoms with Crippen LogP contribution < -0.4 is 5.32 Å². The Bertz CT molecular complexity index is 1120. The zero-order valence-corrected chi connectivity index (χ0v) is 21.5. The lowest BCUT2D eigenvalue weighted by molar-refractivity contribution is -0.274. The third kappa shape index (κ3) is 6.20. The summed E-state index contributed by atoms with van der Waals surface area (Å²) in [4.78, 5) is 13.3. The molecular weight excluding hydrogens is 551 g/mol. The summed E-state index contributed by atoms with van der Waals surface area (Å²) in [5.74, 6) is -0.683. The van der Waals surface area contributed by atoms with Crippen LogP contribution in [0.1, 0.15) is 56.9 Å². The molecule has 1 aliphatic carbocycles. The highest BCUT2D eigenvalue weighted by Crippen LogP contribution is 2.50. The zero-order chi connectivity index (χ0) is 26.9. The quantitative estimate of drug-likeness (QED) is 0.324. The van der Waals surface area contributed by atoms with E-state index >= 15 is 0 Å². The van der Waals surface area contributed by atoms with Crippen molar-refractivity contribution < 1.29 is 35.9 Å². The van der Waals surface area contributed by atoms with Crippen molar-refractivity contribution in [1.82, 2.24) is 5.32 Å². The molecule has 1 aliphatic rings. The summed E-state index contributed by atoms with van der Waals surface area (Å²) in [5.41, 5.74) is -1.69. The Morgan fingerprint density at radius 3 is 2.08 bits per heavy atom. The SMILES string of the molecule is C=C(CC(OC)(c1cc(Cl)cc(Cl)c1)C(F)(F)F)c1sc(C(=O)NCCC(F)(F)F)c2c1CCCC2. The number of ether oxygens (including phenoxy) is 1. The molecule has 1 N–H and O–H groups in total. The predicted molar refractivity (Wildman–Crippen MR) is 129 cm³/mol. The van der Waals surface area contributed by atoms with Crippen molar-refractivity contribution in [3.05, 3.63) is 61.3 Å². The second-order valence-corrected chi connectivity index (χ2v) is 10.4. The molecule has 0 spiro atoms. The number of halogens is 8. The Morgan fingerprint density at radius 1 is 1.03 bits per heavy atom. The molecule has 1 unspecified atom stereocenters. The number of benzene rings is 1. The smallest absolute Gasteiger partial charge is 0.364 e. The minimum absolute atomic E-state index is 0.0000965. The van der Waals surface area contributed by atoms with Crippen LogP contribution in [0.2, 0.25) is 10.0 Å². The van der Waals surface area contributed by atoms with Gasteiger partial charge in [0.2, 0.25) is 0 Å². The van der Waals surface area contributed by atoms with Gasteiger partial charge in [0.15, 0.2) is 5.60 Å². The first-order valence-electron chi connectivity index (χ1n) is 10.9. The van der Waals surface area contributed by atoms with Crippen molar-refractivity contribution in [2.45, 2.75) is 56.5 Å². The molecule has 12 heteroatoms. The number of alkyl halides is 6. The van der Waals surface area contributed by atoms with E-state index in [1.54, 1.807) is 0 Å². The largest absolute Gasteiger partial charge is 0.422 e. The van der Waals surface area contributed by atoms with Crippen LogP contribution in [0.15, 0.2) is 24.8 Å². The van der Waals surface area contributed by atoms with Crippen LogP contribution in [-0.2, 0) is 23.2 Å². The van der Waals surface area contributed by atoms with Gasteiger partial charge in [-0.2, -0.15) is 26.3 Å². The molecule has 3 nitrogen and oxygen atoms in total. The van der Waals surface area contributed by atoms with E-state index in [1.807, 2.05) is 0 Å². The second-order valence-electron chi connectivity index (χ2n) is 8.51. The van der Waals surface area contributed by atoms with Crippen molar-refractivity contribution in [2.75, 3.05) is 13.7 Å². The third-order valence-electron chi connectivity index (χ3n) is 6.04. The summed E-state index contributed by atoms with van der Waals surface area (Å²) < 4.78 is 86.1. The minimum Gasteiger partial charge on any atom is -0.364 e. The lowest BCUT2D eigenvalue weighted by atomic mass is 9.84. The molecule has 1 aromatic heterocycles.